The van der Waals surface area contributed by atoms with E-state index in [-0.39, 0.29) is 42.0 Å². The van der Waals surface area contributed by atoms with Gasteiger partial charge in [-0.3, -0.25) is 4.79 Å². The molecule has 3 N–H and O–H groups in total. The molecule has 1 aromatic heterocycles. The number of anilines is 2. The number of carbonyl (C=O) groups is 1. The minimum absolute atomic E-state index is 0. The lowest BCUT2D eigenvalue weighted by atomic mass is 10.1. The Labute approximate surface area is 162 Å². The van der Waals surface area contributed by atoms with Gasteiger partial charge >= 0.3 is 0 Å². The van der Waals surface area contributed by atoms with Gasteiger partial charge in [-0.15, -0.1) is 12.4 Å². The number of nitrogens with zero attached hydrogens (tertiary/aromatic N) is 2. The topological polar surface area (TPSA) is 80.5 Å². The molecule has 0 aliphatic carbocycles. The van der Waals surface area contributed by atoms with E-state index in [0.717, 1.165) is 30.1 Å². The van der Waals surface area contributed by atoms with E-state index in [1.807, 2.05) is 38.1 Å². The summed E-state index contributed by atoms with van der Waals surface area (Å²) in [5.74, 6) is -0.398. The lowest BCUT2D eigenvalue weighted by Crippen LogP contribution is -2.45. The van der Waals surface area contributed by atoms with Crippen LogP contribution in [-0.4, -0.2) is 42.7 Å². The number of benzene rings is 1. The first-order valence-corrected chi connectivity index (χ1v) is 8.95. The van der Waals surface area contributed by atoms with Gasteiger partial charge in [-0.25, -0.2) is 4.98 Å². The van der Waals surface area contributed by atoms with E-state index in [4.69, 9.17) is 10.5 Å². The van der Waals surface area contributed by atoms with Crippen LogP contribution in [0.2, 0.25) is 0 Å². The lowest BCUT2D eigenvalue weighted by molar-refractivity contribution is -0.114. The molecule has 2 aromatic rings. The highest BCUT2D eigenvalue weighted by atomic mass is 35.5. The zero-order valence-electron chi connectivity index (χ0n) is 14.6. The Morgan fingerprint density at radius 1 is 1.42 bits per heavy atom. The molecule has 6 nitrogen and oxygen atoms in total. The largest absolute Gasteiger partial charge is 0.372 e. The average molecular weight is 401 g/mol. The molecule has 26 heavy (non-hydrogen) atoms. The number of aromatic nitrogens is 1. The van der Waals surface area contributed by atoms with Crippen LogP contribution < -0.4 is 16.0 Å². The van der Waals surface area contributed by atoms with Crippen LogP contribution in [0.25, 0.3) is 11.3 Å². The van der Waals surface area contributed by atoms with E-state index in [0.29, 0.717) is 5.56 Å². The van der Waals surface area contributed by atoms with Crippen molar-refractivity contribution in [3.05, 3.63) is 29.4 Å². The summed E-state index contributed by atoms with van der Waals surface area (Å²) in [5, 5.41) is 2.26. The third kappa shape index (κ3) is 4.70. The Morgan fingerprint density at radius 2 is 2.12 bits per heavy atom. The van der Waals surface area contributed by atoms with Gasteiger partial charge in [-0.1, -0.05) is 23.5 Å². The van der Waals surface area contributed by atoms with Crippen molar-refractivity contribution in [3.8, 4) is 11.3 Å². The molecule has 1 aliphatic rings. The summed E-state index contributed by atoms with van der Waals surface area (Å²) < 4.78 is 20.0. The second-order valence-corrected chi connectivity index (χ2v) is 7.06. The number of hydrogen-bond acceptors (Lipinski definition) is 6. The Hall–Kier alpha value is -1.74. The fraction of sp³-hybridized carbons (Fsp3) is 0.412. The van der Waals surface area contributed by atoms with E-state index >= 15 is 0 Å². The summed E-state index contributed by atoms with van der Waals surface area (Å²) in [7, 11) is 0. The fourth-order valence-electron chi connectivity index (χ4n) is 2.94. The normalized spacial score (nSPS) is 19.8. The van der Waals surface area contributed by atoms with Crippen LogP contribution >= 0.6 is 23.7 Å². The van der Waals surface area contributed by atoms with Gasteiger partial charge in [0.25, 0.3) is 0 Å². The monoisotopic (exact) mass is 400 g/mol. The summed E-state index contributed by atoms with van der Waals surface area (Å²) in [4.78, 5) is 17.8. The van der Waals surface area contributed by atoms with Crippen molar-refractivity contribution in [1.29, 1.82) is 0 Å². The molecular formula is C17H22ClFN4O2S. The van der Waals surface area contributed by atoms with E-state index in [1.165, 1.54) is 0 Å². The van der Waals surface area contributed by atoms with E-state index < -0.39 is 11.0 Å². The zero-order valence-corrected chi connectivity index (χ0v) is 16.2. The van der Waals surface area contributed by atoms with Gasteiger partial charge in [0.05, 0.1) is 18.8 Å². The van der Waals surface area contributed by atoms with Crippen molar-refractivity contribution in [2.45, 2.75) is 26.1 Å². The van der Waals surface area contributed by atoms with Crippen LogP contribution in [0.1, 0.15) is 13.8 Å². The third-order valence-corrected chi connectivity index (χ3v) is 4.68. The van der Waals surface area contributed by atoms with Crippen LogP contribution in [0, 0.1) is 5.13 Å². The number of ether oxygens (including phenoxy) is 1. The minimum Gasteiger partial charge on any atom is -0.372 e. The maximum Gasteiger partial charge on any atom is 0.239 e. The number of halogens is 2. The number of nitrogens with one attached hydrogen (secondary N) is 1. The first kappa shape index (κ1) is 20.6. The average Bonchev–Trinajstić information content (AvgIpc) is 2.94. The van der Waals surface area contributed by atoms with Crippen LogP contribution in [-0.2, 0) is 9.53 Å². The first-order chi connectivity index (χ1) is 12.0. The molecule has 1 fully saturated rings. The van der Waals surface area contributed by atoms with Gasteiger partial charge in [0, 0.05) is 24.3 Å². The Balaban J connectivity index is 0.00000243. The molecule has 9 heteroatoms. The molecule has 1 aliphatic heterocycles. The summed E-state index contributed by atoms with van der Waals surface area (Å²) >= 11 is 0.796. The quantitative estimate of drug-likeness (QED) is 0.824. The molecule has 1 saturated heterocycles. The highest BCUT2D eigenvalue weighted by Gasteiger charge is 2.23. The van der Waals surface area contributed by atoms with E-state index in [2.05, 4.69) is 15.2 Å². The molecule has 1 amide bonds. The predicted molar refractivity (Wildman–Crippen MR) is 105 cm³/mol. The maximum atomic E-state index is 14.3. The number of thiazole rings is 1. The summed E-state index contributed by atoms with van der Waals surface area (Å²) in [6.07, 6.45) is 0.281. The third-order valence-electron chi connectivity index (χ3n) is 3.92. The molecule has 3 rings (SSSR count). The Morgan fingerprint density at radius 3 is 2.77 bits per heavy atom. The second-order valence-electron chi connectivity index (χ2n) is 6.11. The summed E-state index contributed by atoms with van der Waals surface area (Å²) in [6, 6.07) is 7.60. The van der Waals surface area contributed by atoms with Gasteiger partial charge in [0.15, 0.2) is 5.13 Å². The SMILES string of the molecule is CC1CN(c2cccc(-c3nc(NC(=O)CN)sc3F)c2)CC(C)O1.Cl. The van der Waals surface area contributed by atoms with Crippen molar-refractivity contribution in [2.75, 3.05) is 29.9 Å². The molecule has 0 bridgehead atoms. The number of rotatable bonds is 4. The Bertz CT molecular complexity index is 763. The summed E-state index contributed by atoms with van der Waals surface area (Å²) in [6.45, 7) is 5.48. The highest BCUT2D eigenvalue weighted by molar-refractivity contribution is 7.14. The Kier molecular flexibility index (Phi) is 6.94. The first-order valence-electron chi connectivity index (χ1n) is 8.13. The van der Waals surface area contributed by atoms with Gasteiger partial charge in [-0.05, 0) is 26.0 Å². The van der Waals surface area contributed by atoms with Crippen molar-refractivity contribution < 1.29 is 13.9 Å². The van der Waals surface area contributed by atoms with Gasteiger partial charge < -0.3 is 20.7 Å². The number of amides is 1. The number of morpholine rings is 1. The van der Waals surface area contributed by atoms with Gasteiger partial charge in [-0.2, -0.15) is 4.39 Å². The molecule has 0 radical (unpaired) electrons. The predicted octanol–water partition coefficient (Wildman–Crippen LogP) is 2.88. The van der Waals surface area contributed by atoms with Crippen molar-refractivity contribution in [3.63, 3.8) is 0 Å². The molecule has 2 heterocycles. The number of nitrogens with two attached hydrogens (primary N) is 1. The zero-order chi connectivity index (χ0) is 18.0. The van der Waals surface area contributed by atoms with E-state index in [9.17, 15) is 9.18 Å². The van der Waals surface area contributed by atoms with Crippen LogP contribution in [0.15, 0.2) is 24.3 Å². The summed E-state index contributed by atoms with van der Waals surface area (Å²) in [5.41, 5.74) is 7.16. The lowest BCUT2D eigenvalue weighted by Gasteiger charge is -2.37. The molecule has 0 spiro atoms. The molecule has 2 atom stereocenters. The molecule has 0 saturated carbocycles. The second kappa shape index (κ2) is 8.77. The molecule has 1 aromatic carbocycles. The van der Waals surface area contributed by atoms with Crippen LogP contribution in [0.3, 0.4) is 0 Å². The smallest absolute Gasteiger partial charge is 0.239 e. The number of hydrogen-bond donors (Lipinski definition) is 2. The molecular weight excluding hydrogens is 379 g/mol. The maximum absolute atomic E-state index is 14.3. The van der Waals surface area contributed by atoms with Crippen molar-refractivity contribution >= 4 is 40.5 Å². The van der Waals surface area contributed by atoms with Crippen molar-refractivity contribution in [2.24, 2.45) is 5.73 Å². The molecule has 2 unspecified atom stereocenters. The van der Waals surface area contributed by atoms with Gasteiger partial charge in [0.2, 0.25) is 11.0 Å². The van der Waals surface area contributed by atoms with Crippen LogP contribution in [0.4, 0.5) is 15.2 Å². The van der Waals surface area contributed by atoms with Gasteiger partial charge in [0.1, 0.15) is 5.69 Å². The molecule has 142 valence electrons. The highest BCUT2D eigenvalue weighted by Crippen LogP contribution is 2.32. The standard InChI is InChI=1S/C17H21FN4O2S.ClH/c1-10-8-22(9-11(2)24-10)13-5-3-4-12(6-13)15-16(18)25-17(21-15)20-14(23)7-19;/h3-6,10-11H,7-9,19H2,1-2H3,(H,20,21,23);1H. The van der Waals surface area contributed by atoms with Crippen LogP contribution in [0.5, 0.6) is 0 Å². The fourth-order valence-corrected chi connectivity index (χ4v) is 3.67. The number of carbonyl (C=O) groups excluding carboxylic acids is 1. The van der Waals surface area contributed by atoms with Crippen molar-refractivity contribution in [1.82, 2.24) is 4.98 Å². The van der Waals surface area contributed by atoms with E-state index in [1.54, 1.807) is 0 Å². The minimum atomic E-state index is -0.437.